The fraction of sp³-hybridized carbons (Fsp3) is 0.297. The zero-order valence-electron chi connectivity index (χ0n) is 26.3. The van der Waals surface area contributed by atoms with Gasteiger partial charge in [0.05, 0.1) is 15.6 Å². The number of benzene rings is 4. The predicted molar refractivity (Wildman–Crippen MR) is 183 cm³/mol. The van der Waals surface area contributed by atoms with E-state index in [1.807, 2.05) is 61.5 Å². The highest BCUT2D eigenvalue weighted by molar-refractivity contribution is 7.92. The molecule has 10 heteroatoms. The van der Waals surface area contributed by atoms with Crippen molar-refractivity contribution in [1.29, 1.82) is 0 Å². The Hall–Kier alpha value is -4.21. The fourth-order valence-corrected chi connectivity index (χ4v) is 7.60. The summed E-state index contributed by atoms with van der Waals surface area (Å²) in [6, 6.07) is 27.4. The molecule has 1 unspecified atom stereocenters. The molecule has 0 saturated heterocycles. The third-order valence-corrected chi connectivity index (χ3v) is 10.5. The molecule has 246 valence electrons. The third kappa shape index (κ3) is 8.78. The van der Waals surface area contributed by atoms with Crippen molar-refractivity contribution in [3.8, 4) is 0 Å². The van der Waals surface area contributed by atoms with Gasteiger partial charge in [-0.25, -0.2) is 12.8 Å². The van der Waals surface area contributed by atoms with Crippen LogP contribution in [0.1, 0.15) is 48.8 Å². The van der Waals surface area contributed by atoms with Crippen LogP contribution in [0.5, 0.6) is 0 Å². The van der Waals surface area contributed by atoms with Gasteiger partial charge in [-0.15, -0.1) is 0 Å². The van der Waals surface area contributed by atoms with Gasteiger partial charge in [-0.3, -0.25) is 13.9 Å². The number of aryl methyl sites for hydroxylation is 1. The summed E-state index contributed by atoms with van der Waals surface area (Å²) in [6.45, 7) is 1.37. The number of sulfonamides is 1. The Kier molecular flexibility index (Phi) is 11.3. The van der Waals surface area contributed by atoms with Gasteiger partial charge in [0, 0.05) is 19.0 Å². The number of rotatable bonds is 12. The number of halogens is 2. The number of hydrogen-bond donors (Lipinski definition) is 1. The molecule has 0 radical (unpaired) electrons. The molecule has 1 N–H and O–H groups in total. The van der Waals surface area contributed by atoms with E-state index in [9.17, 15) is 22.4 Å². The van der Waals surface area contributed by atoms with E-state index in [0.29, 0.717) is 0 Å². The van der Waals surface area contributed by atoms with Gasteiger partial charge in [0.25, 0.3) is 10.0 Å². The molecule has 0 heterocycles. The van der Waals surface area contributed by atoms with Crippen LogP contribution in [0.4, 0.5) is 10.1 Å². The number of amides is 2. The Morgan fingerprint density at radius 2 is 1.53 bits per heavy atom. The number of carbonyl (C=O) groups excluding carboxylic acids is 2. The molecule has 1 aliphatic carbocycles. The molecule has 0 bridgehead atoms. The second kappa shape index (κ2) is 15.6. The molecule has 5 rings (SSSR count). The normalized spacial score (nSPS) is 14.3. The van der Waals surface area contributed by atoms with Crippen molar-refractivity contribution in [3.05, 3.63) is 131 Å². The third-order valence-electron chi connectivity index (χ3n) is 8.46. The zero-order valence-corrected chi connectivity index (χ0v) is 27.9. The minimum atomic E-state index is -4.32. The van der Waals surface area contributed by atoms with Gasteiger partial charge in [0.2, 0.25) is 11.8 Å². The Morgan fingerprint density at radius 3 is 2.19 bits per heavy atom. The Bertz CT molecular complexity index is 1780. The monoisotopic (exact) mass is 675 g/mol. The van der Waals surface area contributed by atoms with Crippen LogP contribution in [0.3, 0.4) is 0 Å². The summed E-state index contributed by atoms with van der Waals surface area (Å²) in [4.78, 5) is 30.2. The molecule has 0 aliphatic heterocycles. The van der Waals surface area contributed by atoms with Crippen LogP contribution in [0.2, 0.25) is 5.02 Å². The lowest BCUT2D eigenvalue weighted by molar-refractivity contribution is -0.140. The van der Waals surface area contributed by atoms with Crippen LogP contribution in [-0.2, 0) is 32.6 Å². The van der Waals surface area contributed by atoms with Crippen LogP contribution in [0, 0.1) is 12.7 Å². The number of nitrogens with one attached hydrogen (secondary N) is 1. The lowest BCUT2D eigenvalue weighted by Crippen LogP contribution is -2.55. The summed E-state index contributed by atoms with van der Waals surface area (Å²) in [5.74, 6) is -1.60. The smallest absolute Gasteiger partial charge is 0.264 e. The minimum absolute atomic E-state index is 0.00163. The lowest BCUT2D eigenvalue weighted by atomic mass is 9.94. The summed E-state index contributed by atoms with van der Waals surface area (Å²) in [5.41, 5.74) is 2.66. The number of carbonyl (C=O) groups is 2. The average Bonchev–Trinajstić information content (AvgIpc) is 3.07. The quantitative estimate of drug-likeness (QED) is 0.174. The predicted octanol–water partition coefficient (Wildman–Crippen LogP) is 7.07. The average molecular weight is 676 g/mol. The molecule has 1 atom stereocenters. The molecule has 4 aromatic carbocycles. The summed E-state index contributed by atoms with van der Waals surface area (Å²) < 4.78 is 43.3. The van der Waals surface area contributed by atoms with E-state index in [4.69, 9.17) is 11.6 Å². The van der Waals surface area contributed by atoms with Crippen LogP contribution < -0.4 is 9.62 Å². The van der Waals surface area contributed by atoms with Crippen molar-refractivity contribution in [2.45, 2.75) is 69.0 Å². The maximum atomic E-state index is 14.6. The maximum Gasteiger partial charge on any atom is 0.264 e. The molecule has 0 spiro atoms. The molecule has 4 aromatic rings. The van der Waals surface area contributed by atoms with E-state index in [2.05, 4.69) is 5.32 Å². The van der Waals surface area contributed by atoms with Crippen LogP contribution in [-0.4, -0.2) is 43.8 Å². The second-order valence-corrected chi connectivity index (χ2v) is 14.3. The zero-order chi connectivity index (χ0) is 33.4. The summed E-state index contributed by atoms with van der Waals surface area (Å²) >= 11 is 6.11. The Morgan fingerprint density at radius 1 is 0.872 bits per heavy atom. The molecule has 2 amide bonds. The van der Waals surface area contributed by atoms with Crippen molar-refractivity contribution in [3.63, 3.8) is 0 Å². The van der Waals surface area contributed by atoms with Crippen LogP contribution >= 0.6 is 11.6 Å². The first-order chi connectivity index (χ1) is 22.6. The number of nitrogens with zero attached hydrogens (tertiary/aromatic N) is 2. The number of hydrogen-bond acceptors (Lipinski definition) is 4. The molecule has 0 aromatic heterocycles. The van der Waals surface area contributed by atoms with Gasteiger partial charge >= 0.3 is 0 Å². The van der Waals surface area contributed by atoms with Gasteiger partial charge in [-0.2, -0.15) is 0 Å². The van der Waals surface area contributed by atoms with E-state index < -0.39 is 34.3 Å². The molecular weight excluding hydrogens is 637 g/mol. The first-order valence-corrected chi connectivity index (χ1v) is 17.7. The van der Waals surface area contributed by atoms with Gasteiger partial charge in [-0.1, -0.05) is 109 Å². The summed E-state index contributed by atoms with van der Waals surface area (Å²) in [7, 11) is -4.32. The standard InChI is InChI=1S/C37H39ClFN3O4S/c1-27-12-11-15-29(22-27)25-41(35(23-28-13-5-2-6-14-28)37(44)40-30-16-7-3-8-17-30)36(43)26-42(31-20-21-34(39)33(38)24-31)47(45,46)32-18-9-4-10-19-32/h2,4-6,9-15,18-22,24,30,35H,3,7-8,16-17,23,25-26H2,1H3,(H,40,44). The maximum absolute atomic E-state index is 14.6. The highest BCUT2D eigenvalue weighted by Crippen LogP contribution is 2.29. The second-order valence-electron chi connectivity index (χ2n) is 12.0. The minimum Gasteiger partial charge on any atom is -0.352 e. The molecule has 1 aliphatic rings. The molecule has 1 saturated carbocycles. The lowest BCUT2D eigenvalue weighted by Gasteiger charge is -2.35. The van der Waals surface area contributed by atoms with Gasteiger partial charge < -0.3 is 10.2 Å². The first-order valence-electron chi connectivity index (χ1n) is 15.8. The van der Waals surface area contributed by atoms with E-state index in [0.717, 1.165) is 59.2 Å². The topological polar surface area (TPSA) is 86.8 Å². The fourth-order valence-electron chi connectivity index (χ4n) is 5.99. The van der Waals surface area contributed by atoms with E-state index in [1.165, 1.54) is 29.2 Å². The van der Waals surface area contributed by atoms with E-state index in [1.54, 1.807) is 18.2 Å². The summed E-state index contributed by atoms with van der Waals surface area (Å²) in [6.07, 6.45) is 5.12. The molecular formula is C37H39ClFN3O4S. The summed E-state index contributed by atoms with van der Waals surface area (Å²) in [5, 5.41) is 2.92. The number of anilines is 1. The highest BCUT2D eigenvalue weighted by Gasteiger charge is 2.35. The first kappa shape index (κ1) is 34.1. The van der Waals surface area contributed by atoms with Crippen molar-refractivity contribution >= 4 is 39.1 Å². The van der Waals surface area contributed by atoms with Crippen LogP contribution in [0.15, 0.2) is 108 Å². The SMILES string of the molecule is Cc1cccc(CN(C(=O)CN(c2ccc(F)c(Cl)c2)S(=O)(=O)c2ccccc2)C(Cc2ccccc2)C(=O)NC2CCCCC2)c1. The molecule has 7 nitrogen and oxygen atoms in total. The van der Waals surface area contributed by atoms with Crippen molar-refractivity contribution in [1.82, 2.24) is 10.2 Å². The van der Waals surface area contributed by atoms with Crippen molar-refractivity contribution in [2.75, 3.05) is 10.8 Å². The van der Waals surface area contributed by atoms with Crippen molar-refractivity contribution in [2.24, 2.45) is 0 Å². The highest BCUT2D eigenvalue weighted by atomic mass is 35.5. The van der Waals surface area contributed by atoms with Gasteiger partial charge in [0.15, 0.2) is 0 Å². The van der Waals surface area contributed by atoms with E-state index in [-0.39, 0.29) is 40.5 Å². The van der Waals surface area contributed by atoms with Crippen molar-refractivity contribution < 1.29 is 22.4 Å². The van der Waals surface area contributed by atoms with E-state index >= 15 is 0 Å². The molecule has 47 heavy (non-hydrogen) atoms. The Labute approximate surface area is 281 Å². The van der Waals surface area contributed by atoms with Gasteiger partial charge in [-0.05, 0) is 61.2 Å². The largest absolute Gasteiger partial charge is 0.352 e. The van der Waals surface area contributed by atoms with Gasteiger partial charge in [0.1, 0.15) is 18.4 Å². The molecule has 1 fully saturated rings. The van der Waals surface area contributed by atoms with Crippen LogP contribution in [0.25, 0.3) is 0 Å². The Balaban J connectivity index is 1.57.